The molecule has 3 fully saturated rings. The average Bonchev–Trinajstić information content (AvgIpc) is 3.36. The Morgan fingerprint density at radius 3 is 2.40 bits per heavy atom. The maximum Gasteiger partial charge on any atom is 0.320 e. The van der Waals surface area contributed by atoms with Gasteiger partial charge in [0.15, 0.2) is 0 Å². The van der Waals surface area contributed by atoms with Crippen molar-refractivity contribution >= 4 is 46.7 Å². The number of likely N-dealkylation sites (N-methyl/N-ethyl adjacent to an activating group) is 1. The van der Waals surface area contributed by atoms with Crippen molar-refractivity contribution in [3.05, 3.63) is 93.0 Å². The molecule has 2 N–H and O–H groups in total. The Kier molecular flexibility index (Phi) is 8.75. The van der Waals surface area contributed by atoms with Gasteiger partial charge in [0.1, 0.15) is 17.3 Å². The summed E-state index contributed by atoms with van der Waals surface area (Å²) >= 11 is 12.9. The SMILES string of the molecule is C#Cc1ccc(OC2CCN(C(=O)N3CCN(C)CC3)CC2)c([C@H]2NC(=O)C[C@@H](c3cccc(Cl)c3)C23C(=O)Nc2cc(Cl)ccc23)c1. The van der Waals surface area contributed by atoms with E-state index in [9.17, 15) is 14.4 Å². The molecule has 4 aliphatic heterocycles. The van der Waals surface area contributed by atoms with Gasteiger partial charge >= 0.3 is 6.03 Å². The summed E-state index contributed by atoms with van der Waals surface area (Å²) in [5.41, 5.74) is 2.01. The molecule has 3 aromatic rings. The van der Waals surface area contributed by atoms with E-state index in [1.165, 1.54) is 0 Å². The van der Waals surface area contributed by atoms with Crippen LogP contribution in [-0.4, -0.2) is 85.0 Å². The lowest BCUT2D eigenvalue weighted by molar-refractivity contribution is -0.131. The molecule has 11 heteroatoms. The summed E-state index contributed by atoms with van der Waals surface area (Å²) in [4.78, 5) is 47.4. The molecule has 4 amide bonds. The molecule has 0 bridgehead atoms. The maximum absolute atomic E-state index is 14.5. The number of piperidine rings is 2. The van der Waals surface area contributed by atoms with Gasteiger partial charge in [-0.25, -0.2) is 4.79 Å². The number of likely N-dealkylation sites (tertiary alicyclic amines) is 1. The highest BCUT2D eigenvalue weighted by molar-refractivity contribution is 6.31. The molecule has 4 aliphatic rings. The van der Waals surface area contributed by atoms with Crippen molar-refractivity contribution in [3.63, 3.8) is 0 Å². The third-order valence-electron chi connectivity index (χ3n) is 10.3. The van der Waals surface area contributed by atoms with Crippen LogP contribution in [0.4, 0.5) is 10.5 Å². The number of amides is 4. The molecule has 0 aliphatic carbocycles. The first-order valence-corrected chi connectivity index (χ1v) is 17.1. The number of ether oxygens (including phenoxy) is 1. The average molecular weight is 687 g/mol. The van der Waals surface area contributed by atoms with Crippen molar-refractivity contribution in [2.45, 2.75) is 42.7 Å². The zero-order valence-corrected chi connectivity index (χ0v) is 28.2. The number of anilines is 1. The van der Waals surface area contributed by atoms with Crippen LogP contribution in [0.15, 0.2) is 60.7 Å². The van der Waals surface area contributed by atoms with Crippen molar-refractivity contribution in [1.29, 1.82) is 0 Å². The highest BCUT2D eigenvalue weighted by atomic mass is 35.5. The molecule has 0 saturated carbocycles. The third-order valence-corrected chi connectivity index (χ3v) is 10.7. The number of hydrogen-bond donors (Lipinski definition) is 2. The molecule has 3 aromatic carbocycles. The van der Waals surface area contributed by atoms with Gasteiger partial charge in [-0.15, -0.1) is 6.42 Å². The number of halogens is 2. The molecule has 3 saturated heterocycles. The zero-order valence-electron chi connectivity index (χ0n) is 26.7. The highest BCUT2D eigenvalue weighted by Gasteiger charge is 2.61. The smallest absolute Gasteiger partial charge is 0.320 e. The Balaban J connectivity index is 1.25. The highest BCUT2D eigenvalue weighted by Crippen LogP contribution is 2.58. The van der Waals surface area contributed by atoms with E-state index >= 15 is 0 Å². The fraction of sp³-hybridized carbons (Fsp3) is 0.378. The molecule has 3 atom stereocenters. The fourth-order valence-corrected chi connectivity index (χ4v) is 8.15. The van der Waals surface area contributed by atoms with Crippen molar-refractivity contribution in [1.82, 2.24) is 20.0 Å². The monoisotopic (exact) mass is 685 g/mol. The molecule has 1 spiro atoms. The lowest BCUT2D eigenvalue weighted by atomic mass is 9.59. The summed E-state index contributed by atoms with van der Waals surface area (Å²) in [6.07, 6.45) is 7.07. The number of rotatable bonds is 4. The van der Waals surface area contributed by atoms with Crippen LogP contribution in [0, 0.1) is 12.3 Å². The number of hydrogen-bond acceptors (Lipinski definition) is 5. The van der Waals surface area contributed by atoms with Crippen molar-refractivity contribution in [3.8, 4) is 18.1 Å². The molecular weight excluding hydrogens is 649 g/mol. The van der Waals surface area contributed by atoms with Gasteiger partial charge in [-0.3, -0.25) is 9.59 Å². The Hall–Kier alpha value is -4.23. The number of piperazine rings is 1. The van der Waals surface area contributed by atoms with Crippen LogP contribution in [0.3, 0.4) is 0 Å². The van der Waals surface area contributed by atoms with Crippen molar-refractivity contribution in [2.75, 3.05) is 51.6 Å². The van der Waals surface area contributed by atoms with E-state index in [-0.39, 0.29) is 30.4 Å². The summed E-state index contributed by atoms with van der Waals surface area (Å²) < 4.78 is 6.72. The van der Waals surface area contributed by atoms with Gasteiger partial charge in [-0.2, -0.15) is 0 Å². The van der Waals surface area contributed by atoms with E-state index in [0.29, 0.717) is 58.5 Å². The van der Waals surface area contributed by atoms with Crippen LogP contribution in [0.25, 0.3) is 0 Å². The number of nitrogens with zero attached hydrogens (tertiary/aromatic N) is 3. The lowest BCUT2D eigenvalue weighted by Crippen LogP contribution is -2.57. The van der Waals surface area contributed by atoms with E-state index in [1.54, 1.807) is 24.3 Å². The second-order valence-corrected chi connectivity index (χ2v) is 14.0. The summed E-state index contributed by atoms with van der Waals surface area (Å²) in [5.74, 6) is 2.21. The first kappa shape index (κ1) is 32.3. The summed E-state index contributed by atoms with van der Waals surface area (Å²) in [6.45, 7) is 4.34. The molecule has 0 aromatic heterocycles. The van der Waals surface area contributed by atoms with E-state index in [4.69, 9.17) is 34.4 Å². The predicted octanol–water partition coefficient (Wildman–Crippen LogP) is 5.42. The maximum atomic E-state index is 14.5. The van der Waals surface area contributed by atoms with Gasteiger partial charge in [0.2, 0.25) is 11.8 Å². The summed E-state index contributed by atoms with van der Waals surface area (Å²) in [6, 6.07) is 17.4. The molecular formula is C37H37Cl2N5O4. The Morgan fingerprint density at radius 2 is 1.67 bits per heavy atom. The summed E-state index contributed by atoms with van der Waals surface area (Å²) in [7, 11) is 2.07. The lowest BCUT2D eigenvalue weighted by Gasteiger charge is -2.47. The van der Waals surface area contributed by atoms with Gasteiger partial charge in [0, 0.05) is 91.3 Å². The standard InChI is InChI=1S/C37H37Cl2N5O4/c1-3-23-7-10-32(48-27-11-13-43(14-12-27)36(47)44-17-15-42(2)16-18-44)28(19-23)34-37(29-9-8-26(39)21-31(29)40-35(37)46)30(22-33(45)41-34)24-5-4-6-25(38)20-24/h1,4-10,19-21,27,30,34H,11-18,22H2,2H3,(H,40,46)(H,41,45)/t30-,34+,37?/m0/s1. The minimum atomic E-state index is -1.28. The molecule has 48 heavy (non-hydrogen) atoms. The second-order valence-electron chi connectivity index (χ2n) is 13.1. The van der Waals surface area contributed by atoms with Gasteiger partial charge < -0.3 is 30.1 Å². The van der Waals surface area contributed by atoms with E-state index in [2.05, 4.69) is 28.5 Å². The molecule has 248 valence electrons. The van der Waals surface area contributed by atoms with Crippen LogP contribution >= 0.6 is 23.2 Å². The third kappa shape index (κ3) is 5.76. The topological polar surface area (TPSA) is 94.2 Å². The first-order chi connectivity index (χ1) is 23.2. The van der Waals surface area contributed by atoms with Crippen molar-refractivity contribution < 1.29 is 19.1 Å². The largest absolute Gasteiger partial charge is 0.490 e. The predicted molar refractivity (Wildman–Crippen MR) is 186 cm³/mol. The number of fused-ring (bicyclic) bond motifs is 2. The minimum absolute atomic E-state index is 0.0666. The molecule has 1 unspecified atom stereocenters. The van der Waals surface area contributed by atoms with E-state index in [1.807, 2.05) is 46.2 Å². The normalized spacial score (nSPS) is 24.5. The molecule has 0 radical (unpaired) electrons. The Bertz CT molecular complexity index is 1810. The molecule has 7 rings (SSSR count). The number of urea groups is 1. The van der Waals surface area contributed by atoms with Gasteiger partial charge in [0.25, 0.3) is 0 Å². The number of nitrogens with one attached hydrogen (secondary N) is 2. The molecule has 9 nitrogen and oxygen atoms in total. The summed E-state index contributed by atoms with van der Waals surface area (Å²) in [5, 5.41) is 7.24. The van der Waals surface area contributed by atoms with Gasteiger partial charge in [0.05, 0.1) is 6.04 Å². The number of terminal acetylenes is 1. The minimum Gasteiger partial charge on any atom is -0.490 e. The van der Waals surface area contributed by atoms with Gasteiger partial charge in [-0.1, -0.05) is 47.3 Å². The Morgan fingerprint density at radius 1 is 0.938 bits per heavy atom. The van der Waals surface area contributed by atoms with Crippen LogP contribution in [0.2, 0.25) is 10.0 Å². The van der Waals surface area contributed by atoms with E-state index < -0.39 is 17.4 Å². The van der Waals surface area contributed by atoms with Crippen LogP contribution in [0.5, 0.6) is 5.75 Å². The quantitative estimate of drug-likeness (QED) is 0.358. The second kappa shape index (κ2) is 13.0. The Labute approximate surface area is 290 Å². The number of carbonyl (C=O) groups excluding carboxylic acids is 3. The van der Waals surface area contributed by atoms with E-state index in [0.717, 1.165) is 37.3 Å². The first-order valence-electron chi connectivity index (χ1n) is 16.3. The van der Waals surface area contributed by atoms with Gasteiger partial charge in [-0.05, 0) is 60.6 Å². The fourth-order valence-electron chi connectivity index (χ4n) is 7.78. The number of benzene rings is 3. The van der Waals surface area contributed by atoms with Crippen LogP contribution in [0.1, 0.15) is 53.5 Å². The zero-order chi connectivity index (χ0) is 33.6. The van der Waals surface area contributed by atoms with Crippen LogP contribution < -0.4 is 15.4 Å². The van der Waals surface area contributed by atoms with Crippen LogP contribution in [-0.2, 0) is 15.0 Å². The number of carbonyl (C=O) groups is 3. The van der Waals surface area contributed by atoms with Crippen molar-refractivity contribution in [2.24, 2.45) is 0 Å². The molecule has 4 heterocycles.